The Morgan fingerprint density at radius 2 is 1.67 bits per heavy atom. The number of allylic oxidation sites excluding steroid dienone is 5. The number of carbonyl (C=O) groups is 1. The second-order valence-electron chi connectivity index (χ2n) is 8.93. The Hall–Kier alpha value is -2.05. The molecule has 166 valence electrons. The first-order valence-electron chi connectivity index (χ1n) is 10.6. The van der Waals surface area contributed by atoms with Gasteiger partial charge in [0.25, 0.3) is 0 Å². The Bertz CT molecular complexity index is 764. The number of rotatable bonds is 10. The predicted octanol–water partition coefficient (Wildman–Crippen LogP) is 5.39. The molecule has 0 aliphatic heterocycles. The van der Waals surface area contributed by atoms with Crippen molar-refractivity contribution in [3.05, 3.63) is 53.3 Å². The SMILES string of the molecule is CC(C)=CCCC(C)=CCCC(C)=CCOB(O)c1cccn1C(=O)OC(C)(C)C. The summed E-state index contributed by atoms with van der Waals surface area (Å²) >= 11 is 0. The van der Waals surface area contributed by atoms with E-state index in [1.54, 1.807) is 39.1 Å². The van der Waals surface area contributed by atoms with Crippen LogP contribution in [0.3, 0.4) is 0 Å². The summed E-state index contributed by atoms with van der Waals surface area (Å²) in [4.78, 5) is 12.3. The van der Waals surface area contributed by atoms with Crippen LogP contribution in [-0.4, -0.2) is 35.0 Å². The first-order chi connectivity index (χ1) is 14.0. The fraction of sp³-hybridized carbons (Fsp3) is 0.542. The third kappa shape index (κ3) is 10.7. The molecule has 0 atom stereocenters. The molecule has 30 heavy (non-hydrogen) atoms. The van der Waals surface area contributed by atoms with Crippen molar-refractivity contribution < 1.29 is 19.2 Å². The second-order valence-corrected chi connectivity index (χ2v) is 8.93. The minimum absolute atomic E-state index is 0.274. The zero-order valence-corrected chi connectivity index (χ0v) is 19.7. The van der Waals surface area contributed by atoms with Crippen molar-refractivity contribution in [1.82, 2.24) is 4.57 Å². The molecule has 0 aromatic carbocycles. The minimum atomic E-state index is -1.20. The summed E-state index contributed by atoms with van der Waals surface area (Å²) in [6.07, 6.45) is 11.7. The molecule has 0 bridgehead atoms. The molecule has 0 saturated heterocycles. The maximum absolute atomic E-state index is 12.3. The number of aromatic nitrogens is 1. The van der Waals surface area contributed by atoms with Crippen LogP contribution in [0.15, 0.2) is 53.3 Å². The van der Waals surface area contributed by atoms with Crippen LogP contribution in [-0.2, 0) is 9.39 Å². The van der Waals surface area contributed by atoms with Crippen LogP contribution >= 0.6 is 0 Å². The molecule has 0 radical (unpaired) electrons. The van der Waals surface area contributed by atoms with Gasteiger partial charge in [0.05, 0.1) is 12.2 Å². The smallest absolute Gasteiger partial charge is 0.443 e. The van der Waals surface area contributed by atoms with Gasteiger partial charge >= 0.3 is 13.2 Å². The van der Waals surface area contributed by atoms with E-state index in [4.69, 9.17) is 9.39 Å². The van der Waals surface area contributed by atoms with Gasteiger partial charge in [-0.15, -0.1) is 0 Å². The van der Waals surface area contributed by atoms with Crippen LogP contribution in [0.25, 0.3) is 0 Å². The topological polar surface area (TPSA) is 60.7 Å². The predicted molar refractivity (Wildman–Crippen MR) is 125 cm³/mol. The van der Waals surface area contributed by atoms with Gasteiger partial charge in [0.15, 0.2) is 0 Å². The Morgan fingerprint density at radius 3 is 2.27 bits per heavy atom. The summed E-state index contributed by atoms with van der Waals surface area (Å²) in [7, 11) is -1.20. The number of hydrogen-bond donors (Lipinski definition) is 1. The third-order valence-corrected chi connectivity index (χ3v) is 4.43. The molecule has 0 aliphatic carbocycles. The van der Waals surface area contributed by atoms with E-state index >= 15 is 0 Å². The number of ether oxygens (including phenoxy) is 1. The van der Waals surface area contributed by atoms with E-state index in [1.165, 1.54) is 21.3 Å². The summed E-state index contributed by atoms with van der Waals surface area (Å²) in [6.45, 7) is 14.2. The van der Waals surface area contributed by atoms with Gasteiger partial charge in [-0.2, -0.15) is 0 Å². The van der Waals surface area contributed by atoms with E-state index in [-0.39, 0.29) is 6.61 Å². The number of carbonyl (C=O) groups excluding carboxylic acids is 1. The molecule has 1 heterocycles. The first-order valence-corrected chi connectivity index (χ1v) is 10.6. The minimum Gasteiger partial charge on any atom is -0.443 e. The van der Waals surface area contributed by atoms with Gasteiger partial charge < -0.3 is 14.4 Å². The van der Waals surface area contributed by atoms with E-state index < -0.39 is 18.8 Å². The molecule has 0 aliphatic rings. The standard InChI is InChI=1S/C24H38BNO4/c1-19(2)11-8-12-20(3)13-9-14-21(4)16-18-29-25(28)22-15-10-17-26(22)23(27)30-24(5,6)7/h10-11,13,15-17,28H,8-9,12,14,18H2,1-7H3. The Kier molecular flexibility index (Phi) is 10.9. The van der Waals surface area contributed by atoms with Crippen LogP contribution in [0, 0.1) is 0 Å². The highest BCUT2D eigenvalue weighted by molar-refractivity contribution is 6.59. The van der Waals surface area contributed by atoms with Crippen LogP contribution < -0.4 is 5.59 Å². The summed E-state index contributed by atoms with van der Waals surface area (Å²) in [5, 5.41) is 10.3. The van der Waals surface area contributed by atoms with Crippen molar-refractivity contribution in [1.29, 1.82) is 0 Å². The van der Waals surface area contributed by atoms with E-state index in [2.05, 4.69) is 39.8 Å². The van der Waals surface area contributed by atoms with Gasteiger partial charge in [-0.1, -0.05) is 34.9 Å². The first kappa shape index (κ1) is 26.0. The average Bonchev–Trinajstić information content (AvgIpc) is 3.10. The highest BCUT2D eigenvalue weighted by atomic mass is 16.6. The monoisotopic (exact) mass is 415 g/mol. The van der Waals surface area contributed by atoms with E-state index in [0.717, 1.165) is 25.7 Å². The summed E-state index contributed by atoms with van der Waals surface area (Å²) < 4.78 is 12.1. The fourth-order valence-electron chi connectivity index (χ4n) is 2.78. The molecule has 1 aromatic rings. The molecule has 0 fully saturated rings. The Balaban J connectivity index is 2.47. The summed E-state index contributed by atoms with van der Waals surface area (Å²) in [6, 6.07) is 3.33. The van der Waals surface area contributed by atoms with Crippen LogP contribution in [0.5, 0.6) is 0 Å². The van der Waals surface area contributed by atoms with Crippen molar-refractivity contribution in [3.8, 4) is 0 Å². The molecule has 0 unspecified atom stereocenters. The molecular formula is C24H38BNO4. The Morgan fingerprint density at radius 1 is 1.07 bits per heavy atom. The van der Waals surface area contributed by atoms with Gasteiger partial charge in [-0.3, -0.25) is 4.57 Å². The van der Waals surface area contributed by atoms with Gasteiger partial charge in [-0.25, -0.2) is 4.79 Å². The van der Waals surface area contributed by atoms with Crippen molar-refractivity contribution in [2.24, 2.45) is 0 Å². The van der Waals surface area contributed by atoms with E-state index in [9.17, 15) is 9.82 Å². The third-order valence-electron chi connectivity index (χ3n) is 4.43. The maximum Gasteiger partial charge on any atom is 0.509 e. The average molecular weight is 415 g/mol. The molecule has 5 nitrogen and oxygen atoms in total. The molecule has 1 rings (SSSR count). The molecule has 1 N–H and O–H groups in total. The number of nitrogens with zero attached hydrogens (tertiary/aromatic N) is 1. The van der Waals surface area contributed by atoms with Gasteiger partial charge in [0.2, 0.25) is 0 Å². The van der Waals surface area contributed by atoms with Crippen molar-refractivity contribution in [2.45, 2.75) is 79.8 Å². The molecule has 0 amide bonds. The van der Waals surface area contributed by atoms with Gasteiger partial charge in [-0.05, 0) is 86.3 Å². The lowest BCUT2D eigenvalue weighted by atomic mass is 9.85. The molecular weight excluding hydrogens is 377 g/mol. The summed E-state index contributed by atoms with van der Waals surface area (Å²) in [5.74, 6) is 0. The number of hydrogen-bond acceptors (Lipinski definition) is 4. The molecule has 0 saturated carbocycles. The maximum atomic E-state index is 12.3. The molecule has 6 heteroatoms. The quantitative estimate of drug-likeness (QED) is 0.411. The van der Waals surface area contributed by atoms with Gasteiger partial charge in [0, 0.05) is 6.20 Å². The van der Waals surface area contributed by atoms with Crippen LogP contribution in [0.2, 0.25) is 0 Å². The lowest BCUT2D eigenvalue weighted by Gasteiger charge is -2.20. The lowest BCUT2D eigenvalue weighted by Crippen LogP contribution is -2.42. The van der Waals surface area contributed by atoms with Crippen LogP contribution in [0.4, 0.5) is 4.79 Å². The van der Waals surface area contributed by atoms with Gasteiger partial charge in [0.1, 0.15) is 5.60 Å². The molecule has 0 spiro atoms. The Labute approximate surface area is 182 Å². The largest absolute Gasteiger partial charge is 0.509 e. The van der Waals surface area contributed by atoms with E-state index in [0.29, 0.717) is 5.59 Å². The van der Waals surface area contributed by atoms with Crippen molar-refractivity contribution in [3.63, 3.8) is 0 Å². The van der Waals surface area contributed by atoms with Crippen molar-refractivity contribution >= 4 is 18.8 Å². The van der Waals surface area contributed by atoms with Crippen molar-refractivity contribution in [2.75, 3.05) is 6.61 Å². The second kappa shape index (κ2) is 12.6. The lowest BCUT2D eigenvalue weighted by molar-refractivity contribution is 0.0540. The zero-order chi connectivity index (χ0) is 22.7. The molecule has 1 aromatic heterocycles. The zero-order valence-electron chi connectivity index (χ0n) is 19.7. The van der Waals surface area contributed by atoms with E-state index in [1.807, 2.05) is 6.08 Å². The highest BCUT2D eigenvalue weighted by Gasteiger charge is 2.25. The van der Waals surface area contributed by atoms with Crippen LogP contribution in [0.1, 0.15) is 74.1 Å². The highest BCUT2D eigenvalue weighted by Crippen LogP contribution is 2.12. The fourth-order valence-corrected chi connectivity index (χ4v) is 2.78. The normalized spacial score (nSPS) is 12.7. The summed E-state index contributed by atoms with van der Waals surface area (Å²) in [5.41, 5.74) is 3.73.